The van der Waals surface area contributed by atoms with E-state index in [0.717, 1.165) is 12.1 Å². The highest BCUT2D eigenvalue weighted by Crippen LogP contribution is 2.34. The Balaban J connectivity index is 1.71. The fourth-order valence-electron chi connectivity index (χ4n) is 4.67. The van der Waals surface area contributed by atoms with Gasteiger partial charge in [0.25, 0.3) is 0 Å². The van der Waals surface area contributed by atoms with Gasteiger partial charge in [-0.05, 0) is 35.9 Å². The summed E-state index contributed by atoms with van der Waals surface area (Å²) in [7, 11) is 0. The standard InChI is InChI=1S/C29H32O18/c30-8-15(34)21(36)22(37)17(9-31)43-19(35)6-12-5-14(46-47-29-27(42)25(40)23(38)18(10-32)45-29)7-16-20(12)24(39)26(41)28(44-16)11-1-3-13(33)4-2-11/h1-5,7,9,15,17-18,21-23,25,27,29-30,32-34,36-38,40-42H,6,8,10H2/t15-,17+,18-,21-,22-,23-,25+,27-,29?/m1/s1. The van der Waals surface area contributed by atoms with Crippen molar-refractivity contribution in [2.75, 3.05) is 13.2 Å². The van der Waals surface area contributed by atoms with E-state index in [9.17, 15) is 60.3 Å². The van der Waals surface area contributed by atoms with Crippen LogP contribution in [0.3, 0.4) is 0 Å². The van der Waals surface area contributed by atoms with Gasteiger partial charge in [-0.3, -0.25) is 14.4 Å². The summed E-state index contributed by atoms with van der Waals surface area (Å²) in [5, 5.41) is 98.3. The first-order valence-corrected chi connectivity index (χ1v) is 13.9. The highest BCUT2D eigenvalue weighted by molar-refractivity contribution is 5.89. The molecule has 3 aromatic rings. The number of ether oxygens (including phenoxy) is 2. The Morgan fingerprint density at radius 3 is 2.26 bits per heavy atom. The number of phenols is 1. The molecule has 18 nitrogen and oxygen atoms in total. The summed E-state index contributed by atoms with van der Waals surface area (Å²) in [5.41, 5.74) is -1.49. The molecule has 1 aliphatic heterocycles. The quantitative estimate of drug-likeness (QED) is 0.0369. The molecular formula is C29H32O18. The third kappa shape index (κ3) is 7.68. The maximum atomic E-state index is 13.4. The minimum Gasteiger partial charge on any atom is -0.508 e. The number of esters is 1. The topological polar surface area (TPSA) is 304 Å². The SMILES string of the molecule is O=C[C@H](OC(=O)Cc1cc(OOC2O[C@H](CO)[C@@H](O)[C@H](O)[C@H]2O)cc2oc(-c3ccc(O)cc3)c(O)c(=O)c12)[C@@H](O)[C@H](O)[C@H](O)CO. The lowest BCUT2D eigenvalue weighted by molar-refractivity contribution is -0.386. The number of aliphatic hydroxyl groups is 8. The fraction of sp³-hybridized carbons (Fsp3) is 0.414. The van der Waals surface area contributed by atoms with Crippen molar-refractivity contribution in [3.8, 4) is 28.6 Å². The molecule has 0 aliphatic carbocycles. The Bertz CT molecular complexity index is 1600. The number of fused-ring (bicyclic) bond motifs is 1. The molecule has 47 heavy (non-hydrogen) atoms. The highest BCUT2D eigenvalue weighted by atomic mass is 17.2. The fourth-order valence-corrected chi connectivity index (χ4v) is 4.67. The molecule has 1 unspecified atom stereocenters. The van der Waals surface area contributed by atoms with Gasteiger partial charge in [0.1, 0.15) is 54.1 Å². The van der Waals surface area contributed by atoms with Crippen LogP contribution >= 0.6 is 0 Å². The second-order valence-electron chi connectivity index (χ2n) is 10.5. The molecule has 2 aromatic carbocycles. The summed E-state index contributed by atoms with van der Waals surface area (Å²) in [6, 6.07) is 7.26. The third-order valence-electron chi connectivity index (χ3n) is 7.25. The first-order valence-electron chi connectivity index (χ1n) is 13.9. The summed E-state index contributed by atoms with van der Waals surface area (Å²) >= 11 is 0. The Kier molecular flexibility index (Phi) is 11.5. The zero-order chi connectivity index (χ0) is 34.6. The van der Waals surface area contributed by atoms with Gasteiger partial charge in [0.05, 0.1) is 25.0 Å². The molecule has 2 heterocycles. The molecule has 1 aliphatic rings. The smallest absolute Gasteiger partial charge is 0.311 e. The Morgan fingerprint density at radius 1 is 0.957 bits per heavy atom. The van der Waals surface area contributed by atoms with Crippen molar-refractivity contribution in [1.82, 2.24) is 0 Å². The summed E-state index contributed by atoms with van der Waals surface area (Å²) in [5.74, 6) is -3.00. The lowest BCUT2D eigenvalue weighted by atomic mass is 9.99. The zero-order valence-corrected chi connectivity index (χ0v) is 24.1. The molecule has 10 N–H and O–H groups in total. The predicted octanol–water partition coefficient (Wildman–Crippen LogP) is -3.29. The number of aromatic hydroxyl groups is 2. The molecule has 0 saturated carbocycles. The van der Waals surface area contributed by atoms with E-state index >= 15 is 0 Å². The molecule has 1 fully saturated rings. The van der Waals surface area contributed by atoms with Crippen LogP contribution < -0.4 is 10.3 Å². The Hall–Kier alpha value is -4.21. The summed E-state index contributed by atoms with van der Waals surface area (Å²) in [6.45, 7) is -1.76. The second-order valence-corrected chi connectivity index (χ2v) is 10.5. The normalized spacial score (nSPS) is 23.9. The van der Waals surface area contributed by atoms with E-state index in [2.05, 4.69) is 0 Å². The lowest BCUT2D eigenvalue weighted by Crippen LogP contribution is -2.59. The van der Waals surface area contributed by atoms with Crippen LogP contribution in [-0.2, 0) is 30.4 Å². The average Bonchev–Trinajstić information content (AvgIpc) is 3.06. The number of benzene rings is 2. The van der Waals surface area contributed by atoms with E-state index < -0.39 is 91.9 Å². The van der Waals surface area contributed by atoms with Crippen molar-refractivity contribution in [1.29, 1.82) is 0 Å². The molecule has 0 bridgehead atoms. The highest BCUT2D eigenvalue weighted by Gasteiger charge is 2.45. The number of carbonyl (C=O) groups is 2. The molecule has 0 amide bonds. The minimum absolute atomic E-state index is 0.0496. The predicted molar refractivity (Wildman–Crippen MR) is 151 cm³/mol. The Labute approximate surface area is 263 Å². The van der Waals surface area contributed by atoms with Crippen molar-refractivity contribution >= 4 is 23.2 Å². The van der Waals surface area contributed by atoms with Crippen LogP contribution in [0.5, 0.6) is 17.2 Å². The van der Waals surface area contributed by atoms with E-state index in [1.807, 2.05) is 0 Å². The van der Waals surface area contributed by atoms with Gasteiger partial charge in [-0.15, -0.1) is 0 Å². The average molecular weight is 669 g/mol. The van der Waals surface area contributed by atoms with Crippen molar-refractivity contribution in [2.45, 2.75) is 61.5 Å². The van der Waals surface area contributed by atoms with E-state index in [4.69, 9.17) is 28.8 Å². The van der Waals surface area contributed by atoms with Crippen LogP contribution in [0.1, 0.15) is 5.56 Å². The molecule has 1 saturated heterocycles. The van der Waals surface area contributed by atoms with Gasteiger partial charge < -0.3 is 69.8 Å². The van der Waals surface area contributed by atoms with Crippen LogP contribution in [0.4, 0.5) is 0 Å². The summed E-state index contributed by atoms with van der Waals surface area (Å²) in [6.07, 6.45) is -17.6. The van der Waals surface area contributed by atoms with Gasteiger partial charge in [0, 0.05) is 11.6 Å². The summed E-state index contributed by atoms with van der Waals surface area (Å²) in [4.78, 5) is 48.1. The first-order chi connectivity index (χ1) is 22.3. The number of aldehydes is 1. The maximum Gasteiger partial charge on any atom is 0.311 e. The van der Waals surface area contributed by atoms with Crippen LogP contribution in [0.25, 0.3) is 22.3 Å². The molecule has 0 radical (unpaired) electrons. The lowest BCUT2D eigenvalue weighted by Gasteiger charge is -2.38. The largest absolute Gasteiger partial charge is 0.508 e. The molecule has 1 aromatic heterocycles. The number of rotatable bonds is 13. The second kappa shape index (κ2) is 15.1. The van der Waals surface area contributed by atoms with Crippen molar-refractivity contribution in [3.63, 3.8) is 0 Å². The van der Waals surface area contributed by atoms with Crippen LogP contribution in [0.2, 0.25) is 0 Å². The van der Waals surface area contributed by atoms with Gasteiger partial charge >= 0.3 is 5.97 Å². The molecule has 9 atom stereocenters. The van der Waals surface area contributed by atoms with E-state index in [1.165, 1.54) is 24.3 Å². The zero-order valence-electron chi connectivity index (χ0n) is 24.1. The third-order valence-corrected chi connectivity index (χ3v) is 7.25. The molecule has 4 rings (SSSR count). The van der Waals surface area contributed by atoms with Gasteiger partial charge in [-0.25, -0.2) is 0 Å². The number of phenolic OH excluding ortho intramolecular Hbond substituents is 1. The van der Waals surface area contributed by atoms with Crippen LogP contribution in [0.15, 0.2) is 45.6 Å². The van der Waals surface area contributed by atoms with Crippen molar-refractivity contribution in [3.05, 3.63) is 52.2 Å². The van der Waals surface area contributed by atoms with E-state index in [0.29, 0.717) is 0 Å². The summed E-state index contributed by atoms with van der Waals surface area (Å²) < 4.78 is 15.9. The van der Waals surface area contributed by atoms with Gasteiger partial charge in [-0.2, -0.15) is 4.89 Å². The van der Waals surface area contributed by atoms with Crippen LogP contribution in [-0.4, -0.2) is 132 Å². The molecule has 256 valence electrons. The van der Waals surface area contributed by atoms with Crippen LogP contribution in [0, 0.1) is 0 Å². The maximum absolute atomic E-state index is 13.4. The monoisotopic (exact) mass is 668 g/mol. The number of carbonyl (C=O) groups excluding carboxylic acids is 2. The number of hydrogen-bond donors (Lipinski definition) is 10. The molecule has 18 heteroatoms. The first kappa shape index (κ1) is 35.6. The van der Waals surface area contributed by atoms with E-state index in [1.54, 1.807) is 0 Å². The van der Waals surface area contributed by atoms with Gasteiger partial charge in [0.2, 0.25) is 17.5 Å². The van der Waals surface area contributed by atoms with Gasteiger partial charge in [-0.1, -0.05) is 0 Å². The van der Waals surface area contributed by atoms with Crippen molar-refractivity contribution < 1.29 is 84.3 Å². The Morgan fingerprint density at radius 2 is 1.64 bits per heavy atom. The number of aliphatic hydroxyl groups excluding tert-OH is 8. The molecular weight excluding hydrogens is 636 g/mol. The number of hydrogen-bond acceptors (Lipinski definition) is 18. The van der Waals surface area contributed by atoms with Crippen molar-refractivity contribution in [2.24, 2.45) is 0 Å². The minimum atomic E-state index is -2.17. The molecule has 0 spiro atoms. The van der Waals surface area contributed by atoms with Gasteiger partial charge in [0.15, 0.2) is 23.9 Å². The van der Waals surface area contributed by atoms with E-state index in [-0.39, 0.29) is 45.6 Å².